The fourth-order valence-corrected chi connectivity index (χ4v) is 4.45. The number of alkyl halides is 2. The van der Waals surface area contributed by atoms with Crippen LogP contribution in [0.15, 0.2) is 0 Å². The predicted octanol–water partition coefficient (Wildman–Crippen LogP) is 0.417. The summed E-state index contributed by atoms with van der Waals surface area (Å²) in [7, 11) is -3.06. The van der Waals surface area contributed by atoms with Gasteiger partial charge in [0.05, 0.1) is 11.5 Å². The van der Waals surface area contributed by atoms with E-state index >= 15 is 0 Å². The molecule has 1 aliphatic heterocycles. The maximum atomic E-state index is 11.7. The minimum Gasteiger partial charge on any atom is -0.455 e. The van der Waals surface area contributed by atoms with Gasteiger partial charge in [0.2, 0.25) is 0 Å². The molecular weight excluding hydrogens is 329 g/mol. The molecule has 0 aromatic heterocycles. The number of ether oxygens (including phenoxy) is 1. The van der Waals surface area contributed by atoms with Crippen molar-refractivity contribution >= 4 is 44.9 Å². The van der Waals surface area contributed by atoms with Gasteiger partial charge in [-0.2, -0.15) is 0 Å². The number of nitrogens with one attached hydrogen (secondary N) is 1. The lowest BCUT2D eigenvalue weighted by Gasteiger charge is -2.13. The molecule has 6 nitrogen and oxygen atoms in total. The first-order valence-corrected chi connectivity index (χ1v) is 8.68. The number of carbonyl (C=O) groups is 2. The highest BCUT2D eigenvalue weighted by Crippen LogP contribution is 2.64. The maximum Gasteiger partial charge on any atom is 0.315 e. The normalized spacial score (nSPS) is 33.5. The van der Waals surface area contributed by atoms with Crippen LogP contribution in [0.2, 0.25) is 0 Å². The number of rotatable bonds is 4. The van der Waals surface area contributed by atoms with Crippen LogP contribution in [0.3, 0.4) is 0 Å². The van der Waals surface area contributed by atoms with E-state index in [0.717, 1.165) is 0 Å². The summed E-state index contributed by atoms with van der Waals surface area (Å²) in [6.07, 6.45) is 0.663. The van der Waals surface area contributed by atoms with Crippen molar-refractivity contribution in [3.63, 3.8) is 0 Å². The Labute approximate surface area is 127 Å². The molecule has 114 valence electrons. The molecule has 1 amide bonds. The van der Waals surface area contributed by atoms with Crippen LogP contribution in [0.25, 0.3) is 0 Å². The van der Waals surface area contributed by atoms with E-state index in [-0.39, 0.29) is 17.9 Å². The quantitative estimate of drug-likeness (QED) is 0.590. The van der Waals surface area contributed by atoms with Crippen molar-refractivity contribution in [1.29, 1.82) is 0 Å². The first-order valence-electron chi connectivity index (χ1n) is 6.11. The van der Waals surface area contributed by atoms with Gasteiger partial charge in [0.15, 0.2) is 16.4 Å². The summed E-state index contributed by atoms with van der Waals surface area (Å²) >= 11 is 11.6. The summed E-state index contributed by atoms with van der Waals surface area (Å²) < 4.78 is 26.2. The zero-order chi connectivity index (χ0) is 15.2. The molecule has 2 fully saturated rings. The largest absolute Gasteiger partial charge is 0.455 e. The fourth-order valence-electron chi connectivity index (χ4n) is 2.09. The lowest BCUT2D eigenvalue weighted by molar-refractivity contribution is -0.153. The Morgan fingerprint density at radius 1 is 1.40 bits per heavy atom. The van der Waals surface area contributed by atoms with Gasteiger partial charge in [-0.1, -0.05) is 0 Å². The zero-order valence-electron chi connectivity index (χ0n) is 10.8. The number of carbonyl (C=O) groups excluding carboxylic acids is 2. The molecule has 1 aliphatic carbocycles. The summed E-state index contributed by atoms with van der Waals surface area (Å²) in [5.74, 6) is -1.16. The Balaban J connectivity index is 1.75. The van der Waals surface area contributed by atoms with E-state index in [0.29, 0.717) is 6.42 Å². The van der Waals surface area contributed by atoms with Crippen molar-refractivity contribution < 1.29 is 22.7 Å². The second-order valence-electron chi connectivity index (χ2n) is 5.46. The van der Waals surface area contributed by atoms with Gasteiger partial charge in [-0.3, -0.25) is 9.59 Å². The number of hydrogen-bond donors (Lipinski definition) is 1. The van der Waals surface area contributed by atoms with Gasteiger partial charge in [0.1, 0.15) is 9.75 Å². The van der Waals surface area contributed by atoms with E-state index in [1.807, 2.05) is 0 Å². The number of hydrogen-bond acceptors (Lipinski definition) is 5. The second kappa shape index (κ2) is 5.03. The van der Waals surface area contributed by atoms with Crippen molar-refractivity contribution in [2.45, 2.75) is 30.1 Å². The van der Waals surface area contributed by atoms with E-state index in [1.165, 1.54) is 0 Å². The lowest BCUT2D eigenvalue weighted by Crippen LogP contribution is -2.39. The lowest BCUT2D eigenvalue weighted by atomic mass is 10.1. The average molecular weight is 344 g/mol. The Morgan fingerprint density at radius 2 is 2.00 bits per heavy atom. The molecule has 2 atom stereocenters. The van der Waals surface area contributed by atoms with E-state index in [1.54, 1.807) is 6.92 Å². The molecule has 2 rings (SSSR count). The monoisotopic (exact) mass is 343 g/mol. The van der Waals surface area contributed by atoms with Crippen LogP contribution in [0, 0.1) is 5.41 Å². The van der Waals surface area contributed by atoms with Crippen LogP contribution in [0.5, 0.6) is 0 Å². The molecule has 1 N–H and O–H groups in total. The van der Waals surface area contributed by atoms with Crippen LogP contribution in [-0.4, -0.2) is 48.8 Å². The van der Waals surface area contributed by atoms with Crippen molar-refractivity contribution in [2.75, 3.05) is 18.1 Å². The smallest absolute Gasteiger partial charge is 0.315 e. The molecule has 1 saturated carbocycles. The zero-order valence-corrected chi connectivity index (χ0v) is 13.1. The van der Waals surface area contributed by atoms with Gasteiger partial charge in [0, 0.05) is 12.5 Å². The van der Waals surface area contributed by atoms with Crippen molar-refractivity contribution in [2.24, 2.45) is 5.41 Å². The highest BCUT2D eigenvalue weighted by Gasteiger charge is 2.69. The fraction of sp³-hybridized carbons (Fsp3) is 0.818. The minimum atomic E-state index is -3.06. The number of halogens is 2. The van der Waals surface area contributed by atoms with E-state index in [9.17, 15) is 18.0 Å². The Morgan fingerprint density at radius 3 is 2.45 bits per heavy atom. The van der Waals surface area contributed by atoms with Crippen molar-refractivity contribution in [3.05, 3.63) is 0 Å². The molecule has 9 heteroatoms. The van der Waals surface area contributed by atoms with Gasteiger partial charge >= 0.3 is 5.97 Å². The molecule has 0 aromatic rings. The summed E-state index contributed by atoms with van der Waals surface area (Å²) in [6, 6.07) is -0.414. The summed E-state index contributed by atoms with van der Waals surface area (Å²) in [4.78, 5) is 23.3. The molecule has 0 bridgehead atoms. The molecule has 1 saturated heterocycles. The highest BCUT2D eigenvalue weighted by molar-refractivity contribution is 7.91. The van der Waals surface area contributed by atoms with Crippen LogP contribution in [0.4, 0.5) is 0 Å². The van der Waals surface area contributed by atoms with Crippen LogP contribution < -0.4 is 5.32 Å². The predicted molar refractivity (Wildman–Crippen MR) is 73.3 cm³/mol. The molecule has 0 aromatic carbocycles. The van der Waals surface area contributed by atoms with Crippen molar-refractivity contribution in [1.82, 2.24) is 5.32 Å². The molecule has 0 unspecified atom stereocenters. The Bertz CT molecular complexity index is 547. The van der Waals surface area contributed by atoms with Crippen LogP contribution >= 0.6 is 23.2 Å². The Kier molecular flexibility index (Phi) is 3.99. The van der Waals surface area contributed by atoms with Crippen LogP contribution in [0.1, 0.15) is 19.8 Å². The molecular formula is C11H15Cl2NO5S. The Hall–Kier alpha value is -0.530. The first kappa shape index (κ1) is 15.9. The number of sulfone groups is 1. The third-order valence-electron chi connectivity index (χ3n) is 3.64. The SMILES string of the molecule is C[C@]1(C(=O)OCC(=O)N[C@@H]2CCS(=O)(=O)C2)CC1(Cl)Cl. The van der Waals surface area contributed by atoms with Gasteiger partial charge in [-0.15, -0.1) is 23.2 Å². The highest BCUT2D eigenvalue weighted by atomic mass is 35.5. The summed E-state index contributed by atoms with van der Waals surface area (Å²) in [5.41, 5.74) is -0.979. The molecule has 1 heterocycles. The summed E-state index contributed by atoms with van der Waals surface area (Å²) in [5, 5.41) is 2.52. The molecule has 0 spiro atoms. The third-order valence-corrected chi connectivity index (χ3v) is 6.51. The van der Waals surface area contributed by atoms with E-state index in [2.05, 4.69) is 5.32 Å². The third kappa shape index (κ3) is 3.20. The van der Waals surface area contributed by atoms with Gasteiger partial charge in [0.25, 0.3) is 5.91 Å². The second-order valence-corrected chi connectivity index (χ2v) is 9.17. The topological polar surface area (TPSA) is 89.5 Å². The molecule has 20 heavy (non-hydrogen) atoms. The van der Waals surface area contributed by atoms with E-state index in [4.69, 9.17) is 27.9 Å². The van der Waals surface area contributed by atoms with Crippen LogP contribution in [-0.2, 0) is 24.2 Å². The van der Waals surface area contributed by atoms with E-state index < -0.39 is 44.1 Å². The average Bonchev–Trinajstić information content (AvgIpc) is 2.63. The number of amides is 1. The first-order chi connectivity index (χ1) is 9.06. The standard InChI is InChI=1S/C11H15Cl2NO5S/c1-10(6-11(10,12)13)9(16)19-4-8(15)14-7-2-3-20(17,18)5-7/h7H,2-6H2,1H3,(H,14,15)/t7-,10-/m1/s1. The van der Waals surface area contributed by atoms with Gasteiger partial charge in [-0.25, -0.2) is 8.42 Å². The molecule has 2 aliphatic rings. The maximum absolute atomic E-state index is 11.7. The van der Waals surface area contributed by atoms with Crippen molar-refractivity contribution in [3.8, 4) is 0 Å². The number of esters is 1. The van der Waals surface area contributed by atoms with Gasteiger partial charge in [-0.05, 0) is 13.3 Å². The minimum absolute atomic E-state index is 0.0663. The summed E-state index contributed by atoms with van der Waals surface area (Å²) in [6.45, 7) is 1.10. The van der Waals surface area contributed by atoms with Gasteiger partial charge < -0.3 is 10.1 Å². The molecule has 0 radical (unpaired) electrons.